The van der Waals surface area contributed by atoms with Gasteiger partial charge in [-0.05, 0) is 12.1 Å². The van der Waals surface area contributed by atoms with E-state index < -0.39 is 16.4 Å². The van der Waals surface area contributed by atoms with Crippen LogP contribution in [0, 0.1) is 15.9 Å². The number of hydrogen-bond donors (Lipinski definition) is 1. The van der Waals surface area contributed by atoms with Crippen LogP contribution in [-0.2, 0) is 4.79 Å². The summed E-state index contributed by atoms with van der Waals surface area (Å²) in [6.45, 7) is 0. The summed E-state index contributed by atoms with van der Waals surface area (Å²) in [6.07, 6.45) is 1.32. The molecule has 67 valence electrons. The molecule has 0 heterocycles. The molecule has 1 rings (SSSR count). The molecule has 6 heteroatoms. The van der Waals surface area contributed by atoms with E-state index in [4.69, 9.17) is 0 Å². The van der Waals surface area contributed by atoms with Crippen LogP contribution in [-0.4, -0.2) is 11.3 Å². The molecular formula is C7H4FN2O3. The first kappa shape index (κ1) is 9.11. The second kappa shape index (κ2) is 3.61. The van der Waals surface area contributed by atoms with Gasteiger partial charge in [-0.1, -0.05) is 0 Å². The van der Waals surface area contributed by atoms with Crippen LogP contribution in [0.3, 0.4) is 0 Å². The zero-order valence-corrected chi connectivity index (χ0v) is 6.28. The van der Waals surface area contributed by atoms with Gasteiger partial charge in [0, 0.05) is 11.8 Å². The highest BCUT2D eigenvalue weighted by Gasteiger charge is 2.13. The number of rotatable bonds is 3. The van der Waals surface area contributed by atoms with Crippen molar-refractivity contribution in [2.75, 3.05) is 5.32 Å². The van der Waals surface area contributed by atoms with E-state index in [9.17, 15) is 19.3 Å². The van der Waals surface area contributed by atoms with Gasteiger partial charge in [-0.3, -0.25) is 14.9 Å². The first-order valence-electron chi connectivity index (χ1n) is 3.22. The highest BCUT2D eigenvalue weighted by molar-refractivity contribution is 5.72. The Bertz CT molecular complexity index is 354. The number of nitro benzene ring substituents is 1. The second-order valence-corrected chi connectivity index (χ2v) is 2.15. The van der Waals surface area contributed by atoms with Crippen molar-refractivity contribution >= 4 is 17.8 Å². The van der Waals surface area contributed by atoms with Gasteiger partial charge in [0.2, 0.25) is 5.82 Å². The number of amides is 1. The summed E-state index contributed by atoms with van der Waals surface area (Å²) < 4.78 is 12.7. The quantitative estimate of drug-likeness (QED) is 0.435. The largest absolute Gasteiger partial charge is 0.318 e. The SMILES string of the molecule is O=[C]Nc1ccc(F)c([N+](=O)[O-])c1. The maximum atomic E-state index is 12.7. The number of nitro groups is 1. The Morgan fingerprint density at radius 1 is 1.54 bits per heavy atom. The lowest BCUT2D eigenvalue weighted by atomic mass is 10.3. The van der Waals surface area contributed by atoms with Gasteiger partial charge in [-0.25, -0.2) is 0 Å². The molecule has 1 N–H and O–H groups in total. The molecule has 1 aromatic carbocycles. The topological polar surface area (TPSA) is 72.2 Å². The number of benzene rings is 1. The Labute approximate surface area is 72.3 Å². The Hall–Kier alpha value is -1.98. The molecule has 5 nitrogen and oxygen atoms in total. The molecular weight excluding hydrogens is 179 g/mol. The van der Waals surface area contributed by atoms with Crippen LogP contribution in [0.15, 0.2) is 18.2 Å². The molecule has 0 aliphatic rings. The highest BCUT2D eigenvalue weighted by Crippen LogP contribution is 2.20. The van der Waals surface area contributed by atoms with Crippen LogP contribution in [0.1, 0.15) is 0 Å². The van der Waals surface area contributed by atoms with Gasteiger partial charge < -0.3 is 5.32 Å². The minimum absolute atomic E-state index is 0.128. The summed E-state index contributed by atoms with van der Waals surface area (Å²) in [4.78, 5) is 19.2. The minimum Gasteiger partial charge on any atom is -0.318 e. The Morgan fingerprint density at radius 2 is 2.23 bits per heavy atom. The van der Waals surface area contributed by atoms with Gasteiger partial charge in [0.25, 0.3) is 0 Å². The van der Waals surface area contributed by atoms with Gasteiger partial charge in [0.15, 0.2) is 0 Å². The van der Waals surface area contributed by atoms with Crippen LogP contribution in [0.4, 0.5) is 15.8 Å². The summed E-state index contributed by atoms with van der Waals surface area (Å²) in [5.41, 5.74) is -0.552. The second-order valence-electron chi connectivity index (χ2n) is 2.15. The average Bonchev–Trinajstić information content (AvgIpc) is 2.08. The molecule has 0 saturated carbocycles. The van der Waals surface area contributed by atoms with E-state index in [0.717, 1.165) is 12.1 Å². The third-order valence-corrected chi connectivity index (χ3v) is 1.34. The zero-order chi connectivity index (χ0) is 9.84. The summed E-state index contributed by atoms with van der Waals surface area (Å²) in [5, 5.41) is 12.3. The molecule has 1 amide bonds. The van der Waals surface area contributed by atoms with Crippen molar-refractivity contribution in [3.63, 3.8) is 0 Å². The molecule has 0 aliphatic carbocycles. The number of anilines is 1. The van der Waals surface area contributed by atoms with Crippen molar-refractivity contribution < 1.29 is 14.1 Å². The monoisotopic (exact) mass is 183 g/mol. The molecule has 1 radical (unpaired) electrons. The standard InChI is InChI=1S/C7H4FN2O3/c8-6-2-1-5(9-4-11)3-7(6)10(12)13/h1-3H,(H,9,11). The van der Waals surface area contributed by atoms with Crippen molar-refractivity contribution in [3.8, 4) is 0 Å². The number of nitrogens with one attached hydrogen (secondary N) is 1. The lowest BCUT2D eigenvalue weighted by molar-refractivity contribution is -0.387. The zero-order valence-electron chi connectivity index (χ0n) is 6.28. The molecule has 0 spiro atoms. The van der Waals surface area contributed by atoms with E-state index in [1.807, 2.05) is 0 Å². The van der Waals surface area contributed by atoms with Gasteiger partial charge >= 0.3 is 12.1 Å². The summed E-state index contributed by atoms with van der Waals surface area (Å²) in [5.74, 6) is -0.943. The van der Waals surface area contributed by atoms with E-state index in [1.54, 1.807) is 0 Å². The van der Waals surface area contributed by atoms with Crippen LogP contribution >= 0.6 is 0 Å². The molecule has 0 atom stereocenters. The first-order valence-corrected chi connectivity index (χ1v) is 3.22. The number of nitrogens with zero attached hydrogens (tertiary/aromatic N) is 1. The predicted octanol–water partition coefficient (Wildman–Crippen LogP) is 1.21. The smallest absolute Gasteiger partial charge is 0.314 e. The van der Waals surface area contributed by atoms with E-state index in [1.165, 1.54) is 12.5 Å². The van der Waals surface area contributed by atoms with Crippen molar-refractivity contribution in [2.45, 2.75) is 0 Å². The van der Waals surface area contributed by atoms with E-state index in [0.29, 0.717) is 0 Å². The fourth-order valence-corrected chi connectivity index (χ4v) is 0.789. The fourth-order valence-electron chi connectivity index (χ4n) is 0.789. The maximum absolute atomic E-state index is 12.7. The Morgan fingerprint density at radius 3 is 2.77 bits per heavy atom. The Kier molecular flexibility index (Phi) is 2.53. The van der Waals surface area contributed by atoms with Gasteiger partial charge in [0.1, 0.15) is 0 Å². The van der Waals surface area contributed by atoms with Crippen LogP contribution in [0.5, 0.6) is 0 Å². The molecule has 1 aromatic rings. The minimum atomic E-state index is -0.943. The molecule has 13 heavy (non-hydrogen) atoms. The lowest BCUT2D eigenvalue weighted by Gasteiger charge is -1.97. The molecule has 0 bridgehead atoms. The van der Waals surface area contributed by atoms with Crippen LogP contribution in [0.25, 0.3) is 0 Å². The van der Waals surface area contributed by atoms with Gasteiger partial charge in [-0.15, -0.1) is 0 Å². The maximum Gasteiger partial charge on any atom is 0.314 e. The summed E-state index contributed by atoms with van der Waals surface area (Å²) >= 11 is 0. The van der Waals surface area contributed by atoms with Gasteiger partial charge in [0.05, 0.1) is 4.92 Å². The fraction of sp³-hybridized carbons (Fsp3) is 0. The van der Waals surface area contributed by atoms with E-state index >= 15 is 0 Å². The number of hydrogen-bond acceptors (Lipinski definition) is 3. The molecule has 0 saturated heterocycles. The number of carbonyl (C=O) groups excluding carboxylic acids is 1. The first-order chi connectivity index (χ1) is 6.15. The molecule has 0 unspecified atom stereocenters. The van der Waals surface area contributed by atoms with Crippen molar-refractivity contribution in [1.82, 2.24) is 0 Å². The Balaban J connectivity index is 3.10. The third kappa shape index (κ3) is 1.98. The van der Waals surface area contributed by atoms with Crippen LogP contribution in [0.2, 0.25) is 0 Å². The summed E-state index contributed by atoms with van der Waals surface area (Å²) in [6, 6.07) is 3.02. The number of halogens is 1. The molecule has 0 aromatic heterocycles. The van der Waals surface area contributed by atoms with E-state index in [-0.39, 0.29) is 5.69 Å². The molecule has 0 fully saturated rings. The van der Waals surface area contributed by atoms with Gasteiger partial charge in [-0.2, -0.15) is 4.39 Å². The van der Waals surface area contributed by atoms with Crippen molar-refractivity contribution in [1.29, 1.82) is 0 Å². The predicted molar refractivity (Wildman–Crippen MR) is 42.4 cm³/mol. The van der Waals surface area contributed by atoms with E-state index in [2.05, 4.69) is 5.32 Å². The average molecular weight is 183 g/mol. The lowest BCUT2D eigenvalue weighted by Crippen LogP contribution is -1.97. The van der Waals surface area contributed by atoms with Crippen molar-refractivity contribution in [2.24, 2.45) is 0 Å². The molecule has 0 aliphatic heterocycles. The normalized spacial score (nSPS) is 9.31. The van der Waals surface area contributed by atoms with Crippen LogP contribution < -0.4 is 5.32 Å². The van der Waals surface area contributed by atoms with Crippen molar-refractivity contribution in [3.05, 3.63) is 34.1 Å². The highest BCUT2D eigenvalue weighted by atomic mass is 19.1. The summed E-state index contributed by atoms with van der Waals surface area (Å²) in [7, 11) is 0. The third-order valence-electron chi connectivity index (χ3n) is 1.34.